The standard InChI is InChI=1S/C24H23N3O4/c1-14(18-12-17(29-3)10-11-21(18)30-4)25-23(28)19-13-20(16-8-6-5-7-9-16)26-24-22(19)15(2)27-31-24/h5-14H,1-4H3,(H,25,28). The molecule has 1 unspecified atom stereocenters. The van der Waals surface area contributed by atoms with Crippen molar-refractivity contribution in [3.8, 4) is 22.8 Å². The minimum atomic E-state index is -0.332. The molecule has 158 valence electrons. The van der Waals surface area contributed by atoms with Crippen molar-refractivity contribution < 1.29 is 18.8 Å². The second-order valence-corrected chi connectivity index (χ2v) is 7.17. The summed E-state index contributed by atoms with van der Waals surface area (Å²) in [6.45, 7) is 3.69. The maximum absolute atomic E-state index is 13.3. The van der Waals surface area contributed by atoms with Crippen LogP contribution in [0.25, 0.3) is 22.4 Å². The van der Waals surface area contributed by atoms with Crippen LogP contribution in [0.1, 0.15) is 34.6 Å². The van der Waals surface area contributed by atoms with E-state index in [0.717, 1.165) is 11.1 Å². The van der Waals surface area contributed by atoms with Crippen LogP contribution in [0.4, 0.5) is 0 Å². The molecule has 4 aromatic rings. The number of carbonyl (C=O) groups is 1. The highest BCUT2D eigenvalue weighted by atomic mass is 16.5. The predicted octanol–water partition coefficient (Wildman–Crippen LogP) is 4.71. The summed E-state index contributed by atoms with van der Waals surface area (Å²) in [5, 5.41) is 7.66. The van der Waals surface area contributed by atoms with Gasteiger partial charge in [-0.1, -0.05) is 35.5 Å². The second-order valence-electron chi connectivity index (χ2n) is 7.17. The van der Waals surface area contributed by atoms with Crippen molar-refractivity contribution in [1.29, 1.82) is 0 Å². The highest BCUT2D eigenvalue weighted by molar-refractivity contribution is 6.07. The van der Waals surface area contributed by atoms with Crippen molar-refractivity contribution in [3.05, 3.63) is 71.4 Å². The molecule has 0 aliphatic heterocycles. The van der Waals surface area contributed by atoms with Gasteiger partial charge in [0, 0.05) is 11.1 Å². The maximum Gasteiger partial charge on any atom is 0.259 e. The summed E-state index contributed by atoms with van der Waals surface area (Å²) in [4.78, 5) is 17.9. The summed E-state index contributed by atoms with van der Waals surface area (Å²) < 4.78 is 16.2. The molecule has 2 aromatic heterocycles. The van der Waals surface area contributed by atoms with Gasteiger partial charge in [0.2, 0.25) is 0 Å². The Hall–Kier alpha value is -3.87. The van der Waals surface area contributed by atoms with Gasteiger partial charge in [-0.25, -0.2) is 4.98 Å². The van der Waals surface area contributed by atoms with Crippen LogP contribution in [-0.4, -0.2) is 30.3 Å². The maximum atomic E-state index is 13.3. The molecule has 0 bridgehead atoms. The summed E-state index contributed by atoms with van der Waals surface area (Å²) in [6, 6.07) is 16.6. The SMILES string of the molecule is COc1ccc(OC)c(C(C)NC(=O)c2cc(-c3ccccc3)nc3onc(C)c23)c1. The number of ether oxygens (including phenoxy) is 2. The molecule has 0 fully saturated rings. The molecule has 1 N–H and O–H groups in total. The number of nitrogens with zero attached hydrogens (tertiary/aromatic N) is 2. The van der Waals surface area contributed by atoms with Crippen LogP contribution >= 0.6 is 0 Å². The highest BCUT2D eigenvalue weighted by Crippen LogP contribution is 2.31. The Labute approximate surface area is 180 Å². The number of methoxy groups -OCH3 is 2. The van der Waals surface area contributed by atoms with Gasteiger partial charge in [0.25, 0.3) is 11.6 Å². The Kier molecular flexibility index (Phi) is 5.58. The fourth-order valence-corrected chi connectivity index (χ4v) is 3.56. The minimum Gasteiger partial charge on any atom is -0.497 e. The van der Waals surface area contributed by atoms with Crippen LogP contribution in [0.5, 0.6) is 11.5 Å². The second kappa shape index (κ2) is 8.47. The van der Waals surface area contributed by atoms with Gasteiger partial charge in [-0.05, 0) is 38.1 Å². The number of rotatable bonds is 6. The average Bonchev–Trinajstić information content (AvgIpc) is 3.19. The molecule has 0 aliphatic carbocycles. The van der Waals surface area contributed by atoms with Crippen molar-refractivity contribution in [2.24, 2.45) is 0 Å². The zero-order valence-electron chi connectivity index (χ0n) is 17.8. The van der Waals surface area contributed by atoms with Crippen LogP contribution < -0.4 is 14.8 Å². The summed E-state index contributed by atoms with van der Waals surface area (Å²) in [5.74, 6) is 1.09. The lowest BCUT2D eigenvalue weighted by Gasteiger charge is -2.18. The number of carbonyl (C=O) groups excluding carboxylic acids is 1. The van der Waals surface area contributed by atoms with E-state index in [0.29, 0.717) is 39.6 Å². The largest absolute Gasteiger partial charge is 0.497 e. The van der Waals surface area contributed by atoms with Crippen molar-refractivity contribution in [3.63, 3.8) is 0 Å². The van der Waals surface area contributed by atoms with E-state index in [-0.39, 0.29) is 11.9 Å². The molecule has 0 radical (unpaired) electrons. The Bertz CT molecular complexity index is 1230. The van der Waals surface area contributed by atoms with Gasteiger partial charge >= 0.3 is 0 Å². The van der Waals surface area contributed by atoms with Crippen molar-refractivity contribution in [2.45, 2.75) is 19.9 Å². The summed E-state index contributed by atoms with van der Waals surface area (Å²) >= 11 is 0. The molecule has 0 aliphatic rings. The molecular formula is C24H23N3O4. The molecule has 0 saturated carbocycles. The first-order chi connectivity index (χ1) is 15.0. The van der Waals surface area contributed by atoms with Gasteiger partial charge in [-0.2, -0.15) is 0 Å². The molecule has 31 heavy (non-hydrogen) atoms. The zero-order chi connectivity index (χ0) is 22.0. The van der Waals surface area contributed by atoms with E-state index in [1.807, 2.05) is 55.5 Å². The number of nitrogens with one attached hydrogen (secondary N) is 1. The number of hydrogen-bond acceptors (Lipinski definition) is 6. The van der Waals surface area contributed by atoms with Crippen LogP contribution in [0.3, 0.4) is 0 Å². The van der Waals surface area contributed by atoms with Crippen molar-refractivity contribution in [1.82, 2.24) is 15.5 Å². The van der Waals surface area contributed by atoms with Crippen LogP contribution in [0.2, 0.25) is 0 Å². The van der Waals surface area contributed by atoms with Crippen LogP contribution in [-0.2, 0) is 0 Å². The number of aryl methyl sites for hydroxylation is 1. The number of pyridine rings is 1. The first-order valence-electron chi connectivity index (χ1n) is 9.87. The molecule has 1 amide bonds. The highest BCUT2D eigenvalue weighted by Gasteiger charge is 2.22. The Balaban J connectivity index is 1.73. The third kappa shape index (κ3) is 3.94. The van der Waals surface area contributed by atoms with E-state index >= 15 is 0 Å². The van der Waals surface area contributed by atoms with E-state index in [2.05, 4.69) is 15.5 Å². The molecule has 1 atom stereocenters. The number of benzene rings is 2. The van der Waals surface area contributed by atoms with E-state index in [9.17, 15) is 4.79 Å². The van der Waals surface area contributed by atoms with Crippen molar-refractivity contribution >= 4 is 17.0 Å². The Morgan fingerprint density at radius 2 is 1.84 bits per heavy atom. The topological polar surface area (TPSA) is 86.5 Å². The van der Waals surface area contributed by atoms with Gasteiger partial charge in [-0.15, -0.1) is 0 Å². The first-order valence-corrected chi connectivity index (χ1v) is 9.87. The number of hydrogen-bond donors (Lipinski definition) is 1. The molecule has 2 aromatic carbocycles. The normalized spacial score (nSPS) is 11.9. The van der Waals surface area contributed by atoms with Gasteiger partial charge in [0.05, 0.1) is 42.6 Å². The third-order valence-corrected chi connectivity index (χ3v) is 5.18. The lowest BCUT2D eigenvalue weighted by Crippen LogP contribution is -2.27. The summed E-state index contributed by atoms with van der Waals surface area (Å²) in [7, 11) is 3.20. The van der Waals surface area contributed by atoms with E-state index in [4.69, 9.17) is 14.0 Å². The predicted molar refractivity (Wildman–Crippen MR) is 117 cm³/mol. The lowest BCUT2D eigenvalue weighted by molar-refractivity contribution is 0.0941. The summed E-state index contributed by atoms with van der Waals surface area (Å²) in [6.07, 6.45) is 0. The van der Waals surface area contributed by atoms with Crippen molar-refractivity contribution in [2.75, 3.05) is 14.2 Å². The fourth-order valence-electron chi connectivity index (χ4n) is 3.56. The van der Waals surface area contributed by atoms with Gasteiger partial charge in [-0.3, -0.25) is 4.79 Å². The molecule has 4 rings (SSSR count). The van der Waals surface area contributed by atoms with E-state index < -0.39 is 0 Å². The van der Waals surface area contributed by atoms with Gasteiger partial charge < -0.3 is 19.3 Å². The first kappa shape index (κ1) is 20.4. The third-order valence-electron chi connectivity index (χ3n) is 5.18. The molecular weight excluding hydrogens is 394 g/mol. The van der Waals surface area contributed by atoms with Gasteiger partial charge in [0.15, 0.2) is 0 Å². The van der Waals surface area contributed by atoms with Crippen LogP contribution in [0, 0.1) is 6.92 Å². The Morgan fingerprint density at radius 3 is 2.55 bits per heavy atom. The molecule has 7 nitrogen and oxygen atoms in total. The van der Waals surface area contributed by atoms with Gasteiger partial charge in [0.1, 0.15) is 11.5 Å². The minimum absolute atomic E-state index is 0.256. The monoisotopic (exact) mass is 417 g/mol. The number of amides is 1. The molecule has 0 spiro atoms. The zero-order valence-corrected chi connectivity index (χ0v) is 17.8. The molecule has 7 heteroatoms. The van der Waals surface area contributed by atoms with E-state index in [1.165, 1.54) is 0 Å². The Morgan fingerprint density at radius 1 is 1.06 bits per heavy atom. The number of aromatic nitrogens is 2. The number of fused-ring (bicyclic) bond motifs is 1. The summed E-state index contributed by atoms with van der Waals surface area (Å²) in [5.41, 5.74) is 3.73. The average molecular weight is 417 g/mol. The lowest BCUT2D eigenvalue weighted by atomic mass is 10.0. The van der Waals surface area contributed by atoms with E-state index in [1.54, 1.807) is 27.2 Å². The molecule has 0 saturated heterocycles. The quantitative estimate of drug-likeness (QED) is 0.489. The smallest absolute Gasteiger partial charge is 0.259 e. The fraction of sp³-hybridized carbons (Fsp3) is 0.208. The van der Waals surface area contributed by atoms with Crippen LogP contribution in [0.15, 0.2) is 59.1 Å². The molecule has 2 heterocycles.